The van der Waals surface area contributed by atoms with E-state index in [9.17, 15) is 8.42 Å². The predicted molar refractivity (Wildman–Crippen MR) is 55.8 cm³/mol. The number of para-hydroxylation sites is 1. The topological polar surface area (TPSA) is 72.0 Å². The monoisotopic (exact) mass is 223 g/mol. The molecule has 15 heavy (non-hydrogen) atoms. The molecule has 0 radical (unpaired) electrons. The Hall–Kier alpha value is -1.53. The van der Waals surface area contributed by atoms with E-state index in [1.165, 1.54) is 13.2 Å². The van der Waals surface area contributed by atoms with Gasteiger partial charge >= 0.3 is 0 Å². The number of hydrogen-bond donors (Lipinski definition) is 1. The molecule has 0 aliphatic carbocycles. The van der Waals surface area contributed by atoms with Gasteiger partial charge in [-0.1, -0.05) is 18.2 Å². The van der Waals surface area contributed by atoms with Crippen LogP contribution in [0.25, 0.3) is 10.9 Å². The van der Waals surface area contributed by atoms with Gasteiger partial charge < -0.3 is 0 Å². The van der Waals surface area contributed by atoms with Gasteiger partial charge in [-0.15, -0.1) is 0 Å². The smallest absolute Gasteiger partial charge is 0.225 e. The van der Waals surface area contributed by atoms with E-state index in [-0.39, 0.29) is 5.16 Å². The molecule has 5 nitrogen and oxygen atoms in total. The first-order chi connectivity index (χ1) is 7.13. The lowest BCUT2D eigenvalue weighted by Gasteiger charge is -2.01. The fourth-order valence-electron chi connectivity index (χ4n) is 1.18. The van der Waals surface area contributed by atoms with Crippen molar-refractivity contribution in [2.45, 2.75) is 5.16 Å². The summed E-state index contributed by atoms with van der Waals surface area (Å²) in [7, 11) is -2.23. The predicted octanol–water partition coefficient (Wildman–Crippen LogP) is 0.538. The number of rotatable bonds is 2. The Balaban J connectivity index is 2.67. The lowest BCUT2D eigenvalue weighted by molar-refractivity contribution is 0.579. The third kappa shape index (κ3) is 1.81. The number of nitrogens with zero attached hydrogens (tertiary/aromatic N) is 2. The average molecular weight is 223 g/mol. The highest BCUT2D eigenvalue weighted by Crippen LogP contribution is 2.11. The van der Waals surface area contributed by atoms with Gasteiger partial charge in [-0.25, -0.2) is 23.1 Å². The lowest BCUT2D eigenvalue weighted by Crippen LogP contribution is -2.21. The largest absolute Gasteiger partial charge is 0.276 e. The molecule has 6 heteroatoms. The van der Waals surface area contributed by atoms with E-state index in [2.05, 4.69) is 14.7 Å². The van der Waals surface area contributed by atoms with Crippen LogP contribution in [-0.2, 0) is 10.0 Å². The van der Waals surface area contributed by atoms with Gasteiger partial charge in [0.2, 0.25) is 0 Å². The van der Waals surface area contributed by atoms with Crippen LogP contribution in [0.5, 0.6) is 0 Å². The summed E-state index contributed by atoms with van der Waals surface area (Å²) in [5.41, 5.74) is 0.612. The summed E-state index contributed by atoms with van der Waals surface area (Å²) in [6, 6.07) is 7.21. The van der Waals surface area contributed by atoms with E-state index in [0.29, 0.717) is 5.52 Å². The van der Waals surface area contributed by atoms with Crippen molar-refractivity contribution in [3.05, 3.63) is 30.5 Å². The van der Waals surface area contributed by atoms with Crippen molar-refractivity contribution in [2.24, 2.45) is 0 Å². The van der Waals surface area contributed by atoms with Gasteiger partial charge in [0.25, 0.3) is 15.2 Å². The molecular weight excluding hydrogens is 214 g/mol. The van der Waals surface area contributed by atoms with Gasteiger partial charge in [0.05, 0.1) is 5.52 Å². The zero-order chi connectivity index (χ0) is 10.9. The molecule has 2 aromatic rings. The third-order valence-corrected chi connectivity index (χ3v) is 3.19. The van der Waals surface area contributed by atoms with Crippen molar-refractivity contribution in [2.75, 3.05) is 7.05 Å². The Labute approximate surface area is 87.2 Å². The molecule has 0 aliphatic heterocycles. The number of sulfonamides is 1. The molecule has 2 rings (SSSR count). The molecule has 0 amide bonds. The van der Waals surface area contributed by atoms with Crippen LogP contribution in [0, 0.1) is 0 Å². The second kappa shape index (κ2) is 3.56. The molecule has 0 spiro atoms. The third-order valence-electron chi connectivity index (χ3n) is 1.98. The standard InChI is InChI=1S/C9H9N3O2S/c1-10-15(13,14)9-11-6-7-4-2-3-5-8(7)12-9/h2-6,10H,1H3. The van der Waals surface area contributed by atoms with Gasteiger partial charge in [0.15, 0.2) is 0 Å². The van der Waals surface area contributed by atoms with Crippen LogP contribution in [0.1, 0.15) is 0 Å². The number of nitrogens with one attached hydrogen (secondary N) is 1. The van der Waals surface area contributed by atoms with E-state index >= 15 is 0 Å². The fraction of sp³-hybridized carbons (Fsp3) is 0.111. The van der Waals surface area contributed by atoms with Crippen LogP contribution in [0.3, 0.4) is 0 Å². The van der Waals surface area contributed by atoms with Gasteiger partial charge in [-0.2, -0.15) is 0 Å². The highest BCUT2D eigenvalue weighted by atomic mass is 32.2. The molecule has 78 valence electrons. The van der Waals surface area contributed by atoms with E-state index < -0.39 is 10.0 Å². The zero-order valence-electron chi connectivity index (χ0n) is 8.01. The molecule has 0 fully saturated rings. The maximum Gasteiger partial charge on any atom is 0.276 e. The highest BCUT2D eigenvalue weighted by Gasteiger charge is 2.14. The van der Waals surface area contributed by atoms with Crippen molar-refractivity contribution < 1.29 is 8.42 Å². The summed E-state index contributed by atoms with van der Waals surface area (Å²) < 4.78 is 25.0. The van der Waals surface area contributed by atoms with Crippen molar-refractivity contribution >= 4 is 20.9 Å². The van der Waals surface area contributed by atoms with E-state index in [1.807, 2.05) is 12.1 Å². The minimum Gasteiger partial charge on any atom is -0.225 e. The molecule has 0 saturated heterocycles. The average Bonchev–Trinajstić information content (AvgIpc) is 2.28. The summed E-state index contributed by atoms with van der Waals surface area (Å²) in [4.78, 5) is 7.74. The van der Waals surface area contributed by atoms with E-state index in [1.54, 1.807) is 12.1 Å². The molecule has 1 aromatic carbocycles. The Kier molecular flexibility index (Phi) is 2.37. The molecule has 1 aromatic heterocycles. The normalized spacial score (nSPS) is 11.8. The summed E-state index contributed by atoms with van der Waals surface area (Å²) in [6.45, 7) is 0. The lowest BCUT2D eigenvalue weighted by atomic mass is 10.2. The molecule has 0 aliphatic rings. The Morgan fingerprint density at radius 1 is 1.27 bits per heavy atom. The SMILES string of the molecule is CNS(=O)(=O)c1ncc2ccccc2n1. The van der Waals surface area contributed by atoms with Crippen LogP contribution in [0.15, 0.2) is 35.6 Å². The molecule has 0 saturated carbocycles. The Morgan fingerprint density at radius 2 is 2.00 bits per heavy atom. The maximum atomic E-state index is 11.4. The second-order valence-corrected chi connectivity index (χ2v) is 4.70. The van der Waals surface area contributed by atoms with Crippen molar-refractivity contribution in [1.82, 2.24) is 14.7 Å². The summed E-state index contributed by atoms with van der Waals surface area (Å²) in [5, 5.41) is 0.608. The van der Waals surface area contributed by atoms with Gasteiger partial charge in [0.1, 0.15) is 0 Å². The van der Waals surface area contributed by atoms with Crippen molar-refractivity contribution in [1.29, 1.82) is 0 Å². The van der Waals surface area contributed by atoms with E-state index in [0.717, 1.165) is 5.39 Å². The number of aromatic nitrogens is 2. The number of fused-ring (bicyclic) bond motifs is 1. The molecular formula is C9H9N3O2S. The van der Waals surface area contributed by atoms with Crippen LogP contribution < -0.4 is 4.72 Å². The van der Waals surface area contributed by atoms with E-state index in [4.69, 9.17) is 0 Å². The van der Waals surface area contributed by atoms with Crippen LogP contribution >= 0.6 is 0 Å². The summed E-state index contributed by atoms with van der Waals surface area (Å²) in [6.07, 6.45) is 1.49. The zero-order valence-corrected chi connectivity index (χ0v) is 8.82. The minimum absolute atomic E-state index is 0.205. The summed E-state index contributed by atoms with van der Waals surface area (Å²) in [5.74, 6) is 0. The highest BCUT2D eigenvalue weighted by molar-refractivity contribution is 7.89. The van der Waals surface area contributed by atoms with Gasteiger partial charge in [-0.05, 0) is 13.1 Å². The molecule has 0 bridgehead atoms. The quantitative estimate of drug-likeness (QED) is 0.754. The molecule has 1 N–H and O–H groups in total. The fourth-order valence-corrected chi connectivity index (χ4v) is 1.77. The molecule has 1 heterocycles. The van der Waals surface area contributed by atoms with Gasteiger partial charge in [0, 0.05) is 11.6 Å². The molecule has 0 atom stereocenters. The Bertz CT molecular complexity index is 595. The van der Waals surface area contributed by atoms with Crippen LogP contribution in [0.4, 0.5) is 0 Å². The first-order valence-electron chi connectivity index (χ1n) is 4.29. The minimum atomic E-state index is -3.56. The number of benzene rings is 1. The Morgan fingerprint density at radius 3 is 2.73 bits per heavy atom. The van der Waals surface area contributed by atoms with Crippen LogP contribution in [0.2, 0.25) is 0 Å². The number of hydrogen-bond acceptors (Lipinski definition) is 4. The maximum absolute atomic E-state index is 11.4. The first-order valence-corrected chi connectivity index (χ1v) is 5.77. The van der Waals surface area contributed by atoms with Crippen LogP contribution in [-0.4, -0.2) is 25.4 Å². The van der Waals surface area contributed by atoms with Crippen molar-refractivity contribution in [3.8, 4) is 0 Å². The van der Waals surface area contributed by atoms with Crippen molar-refractivity contribution in [3.63, 3.8) is 0 Å². The first kappa shape index (κ1) is 10.0. The second-order valence-electron chi connectivity index (χ2n) is 2.92. The summed E-state index contributed by atoms with van der Waals surface area (Å²) >= 11 is 0. The molecule has 0 unspecified atom stereocenters. The van der Waals surface area contributed by atoms with Gasteiger partial charge in [-0.3, -0.25) is 0 Å².